The quantitative estimate of drug-likeness (QED) is 0.861. The Morgan fingerprint density at radius 2 is 2.13 bits per heavy atom. The van der Waals surface area contributed by atoms with Gasteiger partial charge in [0.2, 0.25) is 5.91 Å². The number of rotatable bonds is 5. The van der Waals surface area contributed by atoms with Crippen LogP contribution in [-0.2, 0) is 4.79 Å². The zero-order valence-corrected chi connectivity index (χ0v) is 14.5. The third-order valence-corrected chi connectivity index (χ3v) is 4.45. The molecule has 130 valence electrons. The van der Waals surface area contributed by atoms with E-state index in [2.05, 4.69) is 5.32 Å². The minimum atomic E-state index is -0.341. The Hall–Kier alpha value is -1.33. The van der Waals surface area contributed by atoms with Crippen LogP contribution in [0.1, 0.15) is 50.6 Å². The fourth-order valence-electron chi connectivity index (χ4n) is 3.15. The number of amides is 1. The van der Waals surface area contributed by atoms with Crippen LogP contribution < -0.4 is 15.8 Å². The second-order valence-electron chi connectivity index (χ2n) is 6.09. The predicted molar refractivity (Wildman–Crippen MR) is 91.3 cm³/mol. The normalized spacial score (nSPS) is 21.9. The van der Waals surface area contributed by atoms with Crippen molar-refractivity contribution in [3.8, 4) is 5.75 Å². The van der Waals surface area contributed by atoms with E-state index in [1.165, 1.54) is 19.2 Å². The van der Waals surface area contributed by atoms with E-state index < -0.39 is 0 Å². The smallest absolute Gasteiger partial charge is 0.220 e. The molecule has 1 aliphatic carbocycles. The fraction of sp³-hybridized carbons (Fsp3) is 0.588. The summed E-state index contributed by atoms with van der Waals surface area (Å²) in [5, 5.41) is 2.92. The Morgan fingerprint density at radius 1 is 1.43 bits per heavy atom. The average Bonchev–Trinajstić information content (AvgIpc) is 2.49. The maximum Gasteiger partial charge on any atom is 0.220 e. The lowest BCUT2D eigenvalue weighted by Crippen LogP contribution is -2.37. The van der Waals surface area contributed by atoms with Crippen molar-refractivity contribution in [1.82, 2.24) is 5.32 Å². The molecule has 1 aliphatic rings. The van der Waals surface area contributed by atoms with Gasteiger partial charge < -0.3 is 15.8 Å². The number of hydrogen-bond acceptors (Lipinski definition) is 3. The van der Waals surface area contributed by atoms with Crippen molar-refractivity contribution in [2.75, 3.05) is 7.11 Å². The van der Waals surface area contributed by atoms with Gasteiger partial charge in [0.15, 0.2) is 0 Å². The minimum absolute atomic E-state index is 0. The van der Waals surface area contributed by atoms with Crippen LogP contribution in [0.3, 0.4) is 0 Å². The van der Waals surface area contributed by atoms with E-state index in [1.807, 2.05) is 6.92 Å². The Kier molecular flexibility index (Phi) is 7.79. The van der Waals surface area contributed by atoms with Crippen LogP contribution in [0.4, 0.5) is 4.39 Å². The van der Waals surface area contributed by atoms with Gasteiger partial charge in [0, 0.05) is 18.0 Å². The second-order valence-corrected chi connectivity index (χ2v) is 6.09. The number of methoxy groups -OCH3 is 1. The van der Waals surface area contributed by atoms with Gasteiger partial charge in [-0.05, 0) is 43.9 Å². The molecule has 0 aromatic heterocycles. The van der Waals surface area contributed by atoms with Gasteiger partial charge in [-0.2, -0.15) is 0 Å². The number of nitrogens with two attached hydrogens (primary N) is 1. The molecule has 1 aromatic carbocycles. The standard InChI is InChI=1S/C17H25FN2O2.ClH/c1-11(14-10-13(18)7-8-16(14)22-2)20-17(21)9-12-5-3-4-6-15(12)19;/h7-8,10-12,15H,3-6,9,19H2,1-2H3,(H,20,21);1H. The molecular formula is C17H26ClFN2O2. The molecule has 1 fully saturated rings. The number of halogens is 2. The summed E-state index contributed by atoms with van der Waals surface area (Å²) in [6, 6.07) is 4.12. The predicted octanol–water partition coefficient (Wildman–Crippen LogP) is 3.34. The molecule has 0 aliphatic heterocycles. The van der Waals surface area contributed by atoms with Gasteiger partial charge in [0.25, 0.3) is 0 Å². The maximum absolute atomic E-state index is 13.4. The molecule has 1 amide bonds. The van der Waals surface area contributed by atoms with Crippen molar-refractivity contribution in [2.24, 2.45) is 11.7 Å². The van der Waals surface area contributed by atoms with Crippen LogP contribution >= 0.6 is 12.4 Å². The molecule has 2 rings (SSSR count). The van der Waals surface area contributed by atoms with E-state index >= 15 is 0 Å². The van der Waals surface area contributed by atoms with E-state index in [9.17, 15) is 9.18 Å². The lowest BCUT2D eigenvalue weighted by atomic mass is 9.83. The molecule has 3 unspecified atom stereocenters. The third-order valence-electron chi connectivity index (χ3n) is 4.45. The summed E-state index contributed by atoms with van der Waals surface area (Å²) in [6.45, 7) is 1.83. The first-order valence-electron chi connectivity index (χ1n) is 7.89. The molecule has 0 radical (unpaired) electrons. The molecule has 0 saturated heterocycles. The van der Waals surface area contributed by atoms with Gasteiger partial charge in [-0.3, -0.25) is 4.79 Å². The summed E-state index contributed by atoms with van der Waals surface area (Å²) in [7, 11) is 1.53. The van der Waals surface area contributed by atoms with Crippen molar-refractivity contribution in [2.45, 2.75) is 51.1 Å². The Balaban J connectivity index is 0.00000264. The fourth-order valence-corrected chi connectivity index (χ4v) is 3.15. The van der Waals surface area contributed by atoms with E-state index in [4.69, 9.17) is 10.5 Å². The zero-order chi connectivity index (χ0) is 16.1. The Bertz CT molecular complexity index is 527. The van der Waals surface area contributed by atoms with E-state index in [0.29, 0.717) is 17.7 Å². The van der Waals surface area contributed by atoms with Crippen LogP contribution in [0.5, 0.6) is 5.75 Å². The molecule has 6 heteroatoms. The van der Waals surface area contributed by atoms with Gasteiger partial charge in [-0.1, -0.05) is 12.8 Å². The average molecular weight is 345 g/mol. The summed E-state index contributed by atoms with van der Waals surface area (Å²) >= 11 is 0. The number of ether oxygens (including phenoxy) is 1. The van der Waals surface area contributed by atoms with Crippen molar-refractivity contribution in [3.05, 3.63) is 29.6 Å². The summed E-state index contributed by atoms with van der Waals surface area (Å²) < 4.78 is 18.7. The van der Waals surface area contributed by atoms with Gasteiger partial charge >= 0.3 is 0 Å². The summed E-state index contributed by atoms with van der Waals surface area (Å²) in [4.78, 5) is 12.2. The zero-order valence-electron chi connectivity index (χ0n) is 13.7. The van der Waals surface area contributed by atoms with E-state index in [0.717, 1.165) is 25.7 Å². The van der Waals surface area contributed by atoms with Crippen molar-refractivity contribution in [3.63, 3.8) is 0 Å². The molecule has 0 heterocycles. The lowest BCUT2D eigenvalue weighted by molar-refractivity contribution is -0.123. The van der Waals surface area contributed by atoms with Gasteiger partial charge in [0.05, 0.1) is 13.2 Å². The third kappa shape index (κ3) is 5.36. The Morgan fingerprint density at radius 3 is 2.78 bits per heavy atom. The SMILES string of the molecule is COc1ccc(F)cc1C(C)NC(=O)CC1CCCCC1N.Cl. The van der Waals surface area contributed by atoms with Crippen LogP contribution in [0.15, 0.2) is 18.2 Å². The maximum atomic E-state index is 13.4. The van der Waals surface area contributed by atoms with Crippen LogP contribution in [0.2, 0.25) is 0 Å². The van der Waals surface area contributed by atoms with Crippen LogP contribution in [0.25, 0.3) is 0 Å². The molecule has 0 bridgehead atoms. The van der Waals surface area contributed by atoms with Crippen LogP contribution in [-0.4, -0.2) is 19.1 Å². The molecule has 3 N–H and O–H groups in total. The first kappa shape index (κ1) is 19.7. The molecule has 1 aromatic rings. The Labute approximate surface area is 143 Å². The highest BCUT2D eigenvalue weighted by atomic mass is 35.5. The highest BCUT2D eigenvalue weighted by Gasteiger charge is 2.25. The molecule has 3 atom stereocenters. The summed E-state index contributed by atoms with van der Waals surface area (Å²) in [6.07, 6.45) is 4.72. The summed E-state index contributed by atoms with van der Waals surface area (Å²) in [5.41, 5.74) is 6.73. The second kappa shape index (κ2) is 9.08. The number of benzene rings is 1. The van der Waals surface area contributed by atoms with Crippen molar-refractivity contribution < 1.29 is 13.9 Å². The van der Waals surface area contributed by atoms with Gasteiger partial charge in [0.1, 0.15) is 11.6 Å². The van der Waals surface area contributed by atoms with Gasteiger partial charge in [-0.15, -0.1) is 12.4 Å². The van der Waals surface area contributed by atoms with Crippen LogP contribution in [0, 0.1) is 11.7 Å². The number of carbonyl (C=O) groups is 1. The first-order valence-corrected chi connectivity index (χ1v) is 7.89. The number of hydrogen-bond donors (Lipinski definition) is 2. The lowest BCUT2D eigenvalue weighted by Gasteiger charge is -2.28. The van der Waals surface area contributed by atoms with E-state index in [-0.39, 0.29) is 42.1 Å². The number of carbonyl (C=O) groups excluding carboxylic acids is 1. The van der Waals surface area contributed by atoms with Crippen molar-refractivity contribution >= 4 is 18.3 Å². The monoisotopic (exact) mass is 344 g/mol. The van der Waals surface area contributed by atoms with Crippen molar-refractivity contribution in [1.29, 1.82) is 0 Å². The van der Waals surface area contributed by atoms with E-state index in [1.54, 1.807) is 6.07 Å². The topological polar surface area (TPSA) is 64.3 Å². The molecular weight excluding hydrogens is 319 g/mol. The highest BCUT2D eigenvalue weighted by molar-refractivity contribution is 5.85. The minimum Gasteiger partial charge on any atom is -0.496 e. The molecule has 0 spiro atoms. The summed E-state index contributed by atoms with van der Waals surface area (Å²) in [5.74, 6) is 0.436. The largest absolute Gasteiger partial charge is 0.496 e. The first-order chi connectivity index (χ1) is 10.5. The molecule has 23 heavy (non-hydrogen) atoms. The highest BCUT2D eigenvalue weighted by Crippen LogP contribution is 2.28. The van der Waals surface area contributed by atoms with Gasteiger partial charge in [-0.25, -0.2) is 4.39 Å². The molecule has 4 nitrogen and oxygen atoms in total. The molecule has 1 saturated carbocycles. The number of nitrogens with one attached hydrogen (secondary N) is 1.